The molecule has 0 amide bonds. The van der Waals surface area contributed by atoms with E-state index in [0.717, 1.165) is 28.3 Å². The number of hydrogen-bond acceptors (Lipinski definition) is 5. The van der Waals surface area contributed by atoms with Crippen LogP contribution in [0.25, 0.3) is 27.8 Å². The van der Waals surface area contributed by atoms with Crippen LogP contribution in [0.5, 0.6) is 6.01 Å². The fraction of sp³-hybridized carbons (Fsp3) is 0.192. The number of ether oxygens (including phenoxy) is 1. The van der Waals surface area contributed by atoms with E-state index < -0.39 is 0 Å². The Labute approximate surface area is 196 Å². The summed E-state index contributed by atoms with van der Waals surface area (Å²) in [4.78, 5) is 6.88. The zero-order chi connectivity index (χ0) is 22.5. The summed E-state index contributed by atoms with van der Waals surface area (Å²) in [7, 11) is 3.57. The zero-order valence-corrected chi connectivity index (χ0v) is 19.1. The molecule has 2 heterocycles. The molecule has 7 heteroatoms. The SMILES string of the molecule is COc1nnc2nc(N(C)c3cccc(-c4ccc(C5CC5)cc4)c3)c3ccc(Cl)cc3n12. The minimum Gasteiger partial charge on any atom is -0.467 e. The number of rotatable bonds is 5. The van der Waals surface area contributed by atoms with Gasteiger partial charge in [0.2, 0.25) is 0 Å². The van der Waals surface area contributed by atoms with Crippen molar-refractivity contribution in [2.45, 2.75) is 18.8 Å². The van der Waals surface area contributed by atoms with E-state index in [2.05, 4.69) is 63.6 Å². The Hall–Kier alpha value is -3.64. The second-order valence-corrected chi connectivity index (χ2v) is 8.86. The van der Waals surface area contributed by atoms with Crippen molar-refractivity contribution < 1.29 is 4.74 Å². The van der Waals surface area contributed by atoms with E-state index >= 15 is 0 Å². The summed E-state index contributed by atoms with van der Waals surface area (Å²) >= 11 is 6.32. The molecule has 0 spiro atoms. The van der Waals surface area contributed by atoms with E-state index in [9.17, 15) is 0 Å². The van der Waals surface area contributed by atoms with Gasteiger partial charge in [-0.15, -0.1) is 5.10 Å². The third-order valence-corrected chi connectivity index (χ3v) is 6.53. The monoisotopic (exact) mass is 455 g/mol. The van der Waals surface area contributed by atoms with Crippen LogP contribution in [0, 0.1) is 0 Å². The molecular weight excluding hydrogens is 434 g/mol. The van der Waals surface area contributed by atoms with Crippen LogP contribution in [0.15, 0.2) is 66.7 Å². The summed E-state index contributed by atoms with van der Waals surface area (Å²) in [6, 6.07) is 23.5. The molecule has 2 aromatic heterocycles. The van der Waals surface area contributed by atoms with Gasteiger partial charge < -0.3 is 9.64 Å². The van der Waals surface area contributed by atoms with Crippen LogP contribution in [-0.2, 0) is 0 Å². The molecule has 0 radical (unpaired) electrons. The summed E-state index contributed by atoms with van der Waals surface area (Å²) in [6.45, 7) is 0. The van der Waals surface area contributed by atoms with Crippen molar-refractivity contribution in [1.29, 1.82) is 0 Å². The first-order valence-electron chi connectivity index (χ1n) is 10.9. The number of nitrogens with zero attached hydrogens (tertiary/aromatic N) is 5. The van der Waals surface area contributed by atoms with Crippen molar-refractivity contribution in [1.82, 2.24) is 19.6 Å². The molecule has 33 heavy (non-hydrogen) atoms. The van der Waals surface area contributed by atoms with Crippen LogP contribution in [-0.4, -0.2) is 33.7 Å². The predicted molar refractivity (Wildman–Crippen MR) is 132 cm³/mol. The van der Waals surface area contributed by atoms with E-state index in [1.807, 2.05) is 25.2 Å². The minimum absolute atomic E-state index is 0.371. The third kappa shape index (κ3) is 3.47. The maximum atomic E-state index is 6.32. The molecule has 1 aliphatic rings. The van der Waals surface area contributed by atoms with Gasteiger partial charge in [-0.2, -0.15) is 4.98 Å². The van der Waals surface area contributed by atoms with Gasteiger partial charge in [-0.05, 0) is 65.8 Å². The van der Waals surface area contributed by atoms with Crippen molar-refractivity contribution in [3.63, 3.8) is 0 Å². The molecule has 0 aliphatic heterocycles. The lowest BCUT2D eigenvalue weighted by Gasteiger charge is -2.21. The van der Waals surface area contributed by atoms with Crippen LogP contribution in [0.1, 0.15) is 24.3 Å². The normalized spacial score (nSPS) is 13.5. The topological polar surface area (TPSA) is 55.6 Å². The highest BCUT2D eigenvalue weighted by molar-refractivity contribution is 6.31. The van der Waals surface area contributed by atoms with E-state index in [1.54, 1.807) is 11.5 Å². The van der Waals surface area contributed by atoms with Crippen molar-refractivity contribution in [2.75, 3.05) is 19.1 Å². The van der Waals surface area contributed by atoms with Crippen molar-refractivity contribution in [2.24, 2.45) is 0 Å². The smallest absolute Gasteiger partial charge is 0.323 e. The van der Waals surface area contributed by atoms with Crippen molar-refractivity contribution in [3.05, 3.63) is 77.3 Å². The fourth-order valence-corrected chi connectivity index (χ4v) is 4.51. The molecular formula is C26H22ClN5O. The summed E-state index contributed by atoms with van der Waals surface area (Å²) in [5, 5.41) is 9.86. The highest BCUT2D eigenvalue weighted by Crippen LogP contribution is 2.41. The van der Waals surface area contributed by atoms with E-state index in [1.165, 1.54) is 29.5 Å². The molecule has 1 saturated carbocycles. The third-order valence-electron chi connectivity index (χ3n) is 6.29. The van der Waals surface area contributed by atoms with E-state index in [4.69, 9.17) is 21.3 Å². The lowest BCUT2D eigenvalue weighted by molar-refractivity contribution is 0.377. The average molecular weight is 456 g/mol. The summed E-state index contributed by atoms with van der Waals surface area (Å²) < 4.78 is 7.16. The average Bonchev–Trinajstić information content (AvgIpc) is 3.62. The van der Waals surface area contributed by atoms with Crippen LogP contribution in [0.2, 0.25) is 5.02 Å². The van der Waals surface area contributed by atoms with E-state index in [-0.39, 0.29) is 0 Å². The molecule has 1 aliphatic carbocycles. The van der Waals surface area contributed by atoms with Crippen LogP contribution in [0.4, 0.5) is 11.5 Å². The first-order valence-corrected chi connectivity index (χ1v) is 11.3. The fourth-order valence-electron chi connectivity index (χ4n) is 4.35. The van der Waals surface area contributed by atoms with Gasteiger partial charge in [0.25, 0.3) is 5.78 Å². The largest absolute Gasteiger partial charge is 0.467 e. The molecule has 0 saturated heterocycles. The molecule has 0 N–H and O–H groups in total. The molecule has 0 bridgehead atoms. The maximum Gasteiger partial charge on any atom is 0.323 e. The second-order valence-electron chi connectivity index (χ2n) is 8.42. The highest BCUT2D eigenvalue weighted by Gasteiger charge is 2.23. The second kappa shape index (κ2) is 7.74. The number of hydrogen-bond donors (Lipinski definition) is 0. The number of halogens is 1. The lowest BCUT2D eigenvalue weighted by atomic mass is 10.0. The van der Waals surface area contributed by atoms with Gasteiger partial charge in [-0.25, -0.2) is 4.40 Å². The van der Waals surface area contributed by atoms with Crippen LogP contribution in [0.3, 0.4) is 0 Å². The quantitative estimate of drug-likeness (QED) is 0.313. The Balaban J connectivity index is 1.44. The molecule has 3 aromatic carbocycles. The molecule has 1 fully saturated rings. The van der Waals surface area contributed by atoms with Gasteiger partial charge in [-0.1, -0.05) is 53.1 Å². The molecule has 0 atom stereocenters. The Morgan fingerprint density at radius 2 is 1.79 bits per heavy atom. The summed E-state index contributed by atoms with van der Waals surface area (Å²) in [5.74, 6) is 1.98. The summed E-state index contributed by atoms with van der Waals surface area (Å²) in [5.41, 5.74) is 5.68. The first kappa shape index (κ1) is 20.0. The first-order chi connectivity index (χ1) is 16.1. The highest BCUT2D eigenvalue weighted by atomic mass is 35.5. The van der Waals surface area contributed by atoms with Gasteiger partial charge in [-0.3, -0.25) is 0 Å². The lowest BCUT2D eigenvalue weighted by Crippen LogP contribution is -2.13. The standard InChI is InChI=1S/C26H22ClN5O/c1-31(21-5-3-4-19(14-21)18-10-8-17(9-11-18)16-6-7-16)24-22-13-12-20(27)15-23(22)32-25(28-24)29-30-26(32)33-2/h3-5,8-16H,6-7H2,1-2H3. The summed E-state index contributed by atoms with van der Waals surface area (Å²) in [6.07, 6.45) is 2.63. The van der Waals surface area contributed by atoms with Gasteiger partial charge in [0.1, 0.15) is 5.82 Å². The van der Waals surface area contributed by atoms with Gasteiger partial charge in [0.15, 0.2) is 0 Å². The maximum absolute atomic E-state index is 6.32. The Morgan fingerprint density at radius 1 is 0.970 bits per heavy atom. The zero-order valence-electron chi connectivity index (χ0n) is 18.4. The Morgan fingerprint density at radius 3 is 2.55 bits per heavy atom. The van der Waals surface area contributed by atoms with Gasteiger partial charge >= 0.3 is 6.01 Å². The number of anilines is 2. The Bertz CT molecular complexity index is 1490. The molecule has 164 valence electrons. The van der Waals surface area contributed by atoms with Gasteiger partial charge in [0.05, 0.1) is 12.6 Å². The van der Waals surface area contributed by atoms with Crippen LogP contribution >= 0.6 is 11.6 Å². The van der Waals surface area contributed by atoms with Gasteiger partial charge in [0, 0.05) is 23.1 Å². The molecule has 6 nitrogen and oxygen atoms in total. The Kier molecular flexibility index (Phi) is 4.69. The number of aromatic nitrogens is 4. The molecule has 5 aromatic rings. The van der Waals surface area contributed by atoms with Crippen LogP contribution < -0.4 is 9.64 Å². The number of methoxy groups -OCH3 is 1. The van der Waals surface area contributed by atoms with Crippen molar-refractivity contribution in [3.8, 4) is 17.1 Å². The molecule has 6 rings (SSSR count). The molecule has 0 unspecified atom stereocenters. The van der Waals surface area contributed by atoms with Crippen molar-refractivity contribution >= 4 is 39.8 Å². The minimum atomic E-state index is 0.371. The number of benzene rings is 3. The predicted octanol–water partition coefficient (Wildman–Crippen LogP) is 6.25. The van der Waals surface area contributed by atoms with E-state index in [0.29, 0.717) is 16.8 Å². The number of fused-ring (bicyclic) bond motifs is 3.